The Labute approximate surface area is 180 Å². The van der Waals surface area contributed by atoms with E-state index in [1.54, 1.807) is 39.0 Å². The van der Waals surface area contributed by atoms with Gasteiger partial charge in [-0.15, -0.1) is 0 Å². The first-order chi connectivity index (χ1) is 14.7. The van der Waals surface area contributed by atoms with Crippen LogP contribution in [0.15, 0.2) is 59.4 Å². The number of methoxy groups -OCH3 is 1. The Kier molecular flexibility index (Phi) is 6.39. The molecular weight excluding hydrogens is 398 g/mol. The minimum Gasteiger partial charge on any atom is -0.468 e. The van der Waals surface area contributed by atoms with Crippen molar-refractivity contribution in [3.63, 3.8) is 0 Å². The highest BCUT2D eigenvalue weighted by molar-refractivity contribution is 5.74. The van der Waals surface area contributed by atoms with Crippen LogP contribution in [0, 0.1) is 0 Å². The highest BCUT2D eigenvalue weighted by atomic mass is 16.6. The van der Waals surface area contributed by atoms with Crippen molar-refractivity contribution in [1.82, 2.24) is 14.3 Å². The molecule has 0 bridgehead atoms. The van der Waals surface area contributed by atoms with Crippen LogP contribution in [-0.2, 0) is 32.2 Å². The van der Waals surface area contributed by atoms with E-state index in [2.05, 4.69) is 5.10 Å². The molecule has 2 heterocycles. The zero-order valence-corrected chi connectivity index (χ0v) is 18.0. The van der Waals surface area contributed by atoms with Crippen LogP contribution in [0.25, 0.3) is 22.6 Å². The van der Waals surface area contributed by atoms with Gasteiger partial charge in [-0.1, -0.05) is 36.4 Å². The highest BCUT2D eigenvalue weighted by Gasteiger charge is 2.20. The predicted molar refractivity (Wildman–Crippen MR) is 115 cm³/mol. The van der Waals surface area contributed by atoms with Crippen molar-refractivity contribution in [3.05, 3.63) is 65.0 Å². The van der Waals surface area contributed by atoms with Gasteiger partial charge in [-0.3, -0.25) is 23.6 Å². The average Bonchev–Trinajstić information content (AvgIpc) is 3.12. The van der Waals surface area contributed by atoms with E-state index in [0.717, 1.165) is 5.56 Å². The summed E-state index contributed by atoms with van der Waals surface area (Å²) >= 11 is 0. The first-order valence-electron chi connectivity index (χ1n) is 9.80. The van der Waals surface area contributed by atoms with Crippen molar-refractivity contribution < 1.29 is 19.1 Å². The molecule has 0 radical (unpaired) electrons. The van der Waals surface area contributed by atoms with Gasteiger partial charge in [-0.2, -0.15) is 5.10 Å². The lowest BCUT2D eigenvalue weighted by Crippen LogP contribution is -2.31. The summed E-state index contributed by atoms with van der Waals surface area (Å²) in [6, 6.07) is 15.9. The van der Waals surface area contributed by atoms with Crippen LogP contribution in [0.1, 0.15) is 20.8 Å². The van der Waals surface area contributed by atoms with Crippen LogP contribution < -0.4 is 5.56 Å². The van der Waals surface area contributed by atoms with Gasteiger partial charge in [0.1, 0.15) is 24.4 Å². The van der Waals surface area contributed by atoms with Crippen molar-refractivity contribution in [2.24, 2.45) is 0 Å². The van der Waals surface area contributed by atoms with E-state index < -0.39 is 17.5 Å². The minimum absolute atomic E-state index is 0.0934. The fraction of sp³-hybridized carbons (Fsp3) is 0.304. The molecule has 0 aliphatic heterocycles. The molecule has 0 saturated heterocycles. The van der Waals surface area contributed by atoms with E-state index in [0.29, 0.717) is 17.1 Å². The van der Waals surface area contributed by atoms with Gasteiger partial charge >= 0.3 is 11.9 Å². The molecular formula is C23H25N3O5. The molecule has 0 atom stereocenters. The first-order valence-corrected chi connectivity index (χ1v) is 9.80. The molecule has 0 fully saturated rings. The Bertz CT molecular complexity index is 1140. The van der Waals surface area contributed by atoms with Gasteiger partial charge < -0.3 is 9.47 Å². The molecule has 0 spiro atoms. The molecule has 8 heteroatoms. The second-order valence-corrected chi connectivity index (χ2v) is 7.94. The molecule has 0 saturated carbocycles. The summed E-state index contributed by atoms with van der Waals surface area (Å²) in [5, 5.41) is 4.53. The summed E-state index contributed by atoms with van der Waals surface area (Å²) in [7, 11) is 1.31. The van der Waals surface area contributed by atoms with Gasteiger partial charge in [0, 0.05) is 6.07 Å². The van der Waals surface area contributed by atoms with Crippen LogP contribution in [0.3, 0.4) is 0 Å². The summed E-state index contributed by atoms with van der Waals surface area (Å²) in [5.41, 5.74) is 1.40. The van der Waals surface area contributed by atoms with Crippen LogP contribution in [0.4, 0.5) is 0 Å². The summed E-state index contributed by atoms with van der Waals surface area (Å²) in [6.45, 7) is 4.95. The molecule has 0 aliphatic rings. The van der Waals surface area contributed by atoms with E-state index in [1.807, 2.05) is 30.3 Å². The Morgan fingerprint density at radius 3 is 2.29 bits per heavy atom. The molecule has 1 aromatic carbocycles. The maximum Gasteiger partial charge on any atom is 0.327 e. The number of rotatable bonds is 6. The second-order valence-electron chi connectivity index (χ2n) is 7.94. The molecule has 0 unspecified atom stereocenters. The molecule has 0 aliphatic carbocycles. The number of hydrogen-bond acceptors (Lipinski definition) is 6. The predicted octanol–water partition coefficient (Wildman–Crippen LogP) is 2.89. The van der Waals surface area contributed by atoms with E-state index in [9.17, 15) is 14.4 Å². The lowest BCUT2D eigenvalue weighted by molar-refractivity contribution is -0.155. The van der Waals surface area contributed by atoms with E-state index >= 15 is 0 Å². The quantitative estimate of drug-likeness (QED) is 0.566. The Morgan fingerprint density at radius 1 is 0.935 bits per heavy atom. The summed E-state index contributed by atoms with van der Waals surface area (Å²) < 4.78 is 13.0. The number of hydrogen-bond donors (Lipinski definition) is 0. The first kappa shape index (κ1) is 22.0. The SMILES string of the molecule is COC(=O)Cn1nc(-c2cccc(=O)n2CC(=O)OC(C)(C)C)cc1-c1ccccc1. The lowest BCUT2D eigenvalue weighted by Gasteiger charge is -2.20. The minimum atomic E-state index is -0.668. The maximum atomic E-state index is 12.5. The van der Waals surface area contributed by atoms with E-state index in [1.165, 1.54) is 22.4 Å². The van der Waals surface area contributed by atoms with Gasteiger partial charge in [-0.05, 0) is 38.5 Å². The zero-order valence-electron chi connectivity index (χ0n) is 18.0. The molecule has 2 aromatic heterocycles. The monoisotopic (exact) mass is 423 g/mol. The van der Waals surface area contributed by atoms with Crippen LogP contribution in [0.5, 0.6) is 0 Å². The van der Waals surface area contributed by atoms with Crippen molar-refractivity contribution in [2.45, 2.75) is 39.5 Å². The van der Waals surface area contributed by atoms with Gasteiger partial charge in [0.05, 0.1) is 18.5 Å². The Morgan fingerprint density at radius 2 is 1.65 bits per heavy atom. The van der Waals surface area contributed by atoms with Crippen molar-refractivity contribution in [2.75, 3.05) is 7.11 Å². The van der Waals surface area contributed by atoms with E-state index in [4.69, 9.17) is 9.47 Å². The van der Waals surface area contributed by atoms with Crippen LogP contribution in [-0.4, -0.2) is 39.0 Å². The highest BCUT2D eigenvalue weighted by Crippen LogP contribution is 2.26. The normalized spacial score (nSPS) is 11.2. The molecule has 3 aromatic rings. The molecule has 0 amide bonds. The van der Waals surface area contributed by atoms with Crippen LogP contribution >= 0.6 is 0 Å². The third-order valence-electron chi connectivity index (χ3n) is 4.38. The zero-order chi connectivity index (χ0) is 22.6. The number of nitrogens with zero attached hydrogens (tertiary/aromatic N) is 3. The lowest BCUT2D eigenvalue weighted by atomic mass is 10.1. The fourth-order valence-electron chi connectivity index (χ4n) is 3.10. The number of aromatic nitrogens is 3. The van der Waals surface area contributed by atoms with Crippen molar-refractivity contribution >= 4 is 11.9 Å². The van der Waals surface area contributed by atoms with Gasteiger partial charge in [0.2, 0.25) is 0 Å². The number of carbonyl (C=O) groups is 2. The molecule has 31 heavy (non-hydrogen) atoms. The van der Waals surface area contributed by atoms with E-state index in [-0.39, 0.29) is 18.6 Å². The van der Waals surface area contributed by atoms with Crippen molar-refractivity contribution in [3.8, 4) is 22.6 Å². The molecule has 3 rings (SSSR count). The fourth-order valence-corrected chi connectivity index (χ4v) is 3.10. The molecule has 0 N–H and O–H groups in total. The maximum absolute atomic E-state index is 12.5. The van der Waals surface area contributed by atoms with Crippen LogP contribution in [0.2, 0.25) is 0 Å². The number of pyridine rings is 1. The Balaban J connectivity index is 2.07. The summed E-state index contributed by atoms with van der Waals surface area (Å²) in [6.07, 6.45) is 0. The van der Waals surface area contributed by atoms with Gasteiger partial charge in [-0.25, -0.2) is 0 Å². The van der Waals surface area contributed by atoms with Crippen molar-refractivity contribution in [1.29, 1.82) is 0 Å². The third kappa shape index (κ3) is 5.48. The standard InChI is InChI=1S/C23H25N3O5/c1-23(2,3)31-22(29)14-25-18(11-8-12-20(25)27)17-13-19(16-9-6-5-7-10-16)26(24-17)15-21(28)30-4/h5-13H,14-15H2,1-4H3. The topological polar surface area (TPSA) is 92.4 Å². The third-order valence-corrected chi connectivity index (χ3v) is 4.38. The number of ether oxygens (including phenoxy) is 2. The number of esters is 2. The second kappa shape index (κ2) is 8.99. The smallest absolute Gasteiger partial charge is 0.327 e. The Hall–Kier alpha value is -3.68. The van der Waals surface area contributed by atoms with Gasteiger partial charge in [0.25, 0.3) is 5.56 Å². The summed E-state index contributed by atoms with van der Waals surface area (Å²) in [4.78, 5) is 36.8. The number of carbonyl (C=O) groups excluding carboxylic acids is 2. The largest absolute Gasteiger partial charge is 0.468 e. The summed E-state index contributed by atoms with van der Waals surface area (Å²) in [5.74, 6) is -0.981. The molecule has 162 valence electrons. The molecule has 8 nitrogen and oxygen atoms in total. The number of benzene rings is 1. The van der Waals surface area contributed by atoms with Gasteiger partial charge in [0.15, 0.2) is 0 Å². The average molecular weight is 423 g/mol.